The van der Waals surface area contributed by atoms with Gasteiger partial charge in [0, 0.05) is 25.5 Å². The summed E-state index contributed by atoms with van der Waals surface area (Å²) in [5.41, 5.74) is 4.22. The van der Waals surface area contributed by atoms with Crippen molar-refractivity contribution in [2.75, 3.05) is 0 Å². The number of carbonyl (C=O) groups excluding carboxylic acids is 1. The molecule has 1 N–H and O–H groups in total. The van der Waals surface area contributed by atoms with Crippen LogP contribution in [-0.2, 0) is 19.5 Å². The maximum Gasteiger partial charge on any atom is 0.259 e. The van der Waals surface area contributed by atoms with E-state index < -0.39 is 0 Å². The minimum absolute atomic E-state index is 0.212. The SMILES string of the molecule is CCCc1noc2nc(-c3ccco3)cc(C(=O)NCc3cccc(Cn4ccnc4)c3)c12. The standard InChI is InChI=1S/C25H23N5O3/c1-2-5-20-23-19(13-21(22-8-4-11-32-22)28-25(23)33-29-20)24(31)27-14-17-6-3-7-18(12-17)15-30-10-9-26-16-30/h3-4,6-13,16H,2,5,14-15H2,1H3,(H,27,31). The summed E-state index contributed by atoms with van der Waals surface area (Å²) in [5, 5.41) is 7.85. The van der Waals surface area contributed by atoms with E-state index in [1.807, 2.05) is 22.9 Å². The van der Waals surface area contributed by atoms with Gasteiger partial charge in [-0.3, -0.25) is 4.79 Å². The number of benzene rings is 1. The maximum absolute atomic E-state index is 13.3. The topological polar surface area (TPSA) is 99.0 Å². The Morgan fingerprint density at radius 3 is 2.85 bits per heavy atom. The van der Waals surface area contributed by atoms with Crippen LogP contribution in [0, 0.1) is 0 Å². The van der Waals surface area contributed by atoms with Crippen LogP contribution in [-0.4, -0.2) is 25.6 Å². The van der Waals surface area contributed by atoms with Gasteiger partial charge in [-0.25, -0.2) is 9.97 Å². The zero-order valence-corrected chi connectivity index (χ0v) is 18.2. The molecule has 8 nitrogen and oxygen atoms in total. The fourth-order valence-electron chi connectivity index (χ4n) is 3.85. The lowest BCUT2D eigenvalue weighted by molar-refractivity contribution is 0.0952. The highest BCUT2D eigenvalue weighted by Crippen LogP contribution is 2.28. The molecule has 8 heteroatoms. The average molecular weight is 441 g/mol. The van der Waals surface area contributed by atoms with Crippen molar-refractivity contribution < 1.29 is 13.7 Å². The van der Waals surface area contributed by atoms with E-state index in [0.717, 1.165) is 29.8 Å². The average Bonchev–Trinajstić information content (AvgIpc) is 3.60. The van der Waals surface area contributed by atoms with Crippen molar-refractivity contribution >= 4 is 17.0 Å². The van der Waals surface area contributed by atoms with Crippen molar-refractivity contribution in [3.63, 3.8) is 0 Å². The van der Waals surface area contributed by atoms with Gasteiger partial charge in [0.15, 0.2) is 5.76 Å². The molecule has 0 saturated heterocycles. The molecule has 0 saturated carbocycles. The number of fused-ring (bicyclic) bond motifs is 1. The van der Waals surface area contributed by atoms with Crippen LogP contribution in [0.25, 0.3) is 22.6 Å². The van der Waals surface area contributed by atoms with Crippen molar-refractivity contribution in [1.29, 1.82) is 0 Å². The van der Waals surface area contributed by atoms with Crippen molar-refractivity contribution in [3.05, 3.63) is 89.8 Å². The van der Waals surface area contributed by atoms with Crippen LogP contribution in [0.2, 0.25) is 0 Å². The van der Waals surface area contributed by atoms with Gasteiger partial charge in [0.2, 0.25) is 0 Å². The summed E-state index contributed by atoms with van der Waals surface area (Å²) in [4.78, 5) is 21.9. The lowest BCUT2D eigenvalue weighted by atomic mass is 10.1. The number of nitrogens with zero attached hydrogens (tertiary/aromatic N) is 4. The first-order chi connectivity index (χ1) is 16.2. The predicted molar refractivity (Wildman–Crippen MR) is 122 cm³/mol. The first kappa shape index (κ1) is 20.7. The molecule has 0 radical (unpaired) electrons. The second-order valence-corrected chi connectivity index (χ2v) is 7.83. The highest BCUT2D eigenvalue weighted by molar-refractivity contribution is 6.06. The maximum atomic E-state index is 13.3. The van der Waals surface area contributed by atoms with E-state index in [4.69, 9.17) is 8.94 Å². The minimum atomic E-state index is -0.212. The zero-order chi connectivity index (χ0) is 22.6. The Morgan fingerprint density at radius 2 is 2.06 bits per heavy atom. The molecule has 1 amide bonds. The third-order valence-electron chi connectivity index (χ3n) is 5.39. The number of furan rings is 1. The number of hydrogen-bond acceptors (Lipinski definition) is 6. The molecule has 0 atom stereocenters. The van der Waals surface area contributed by atoms with Crippen LogP contribution in [0.15, 0.2) is 76.4 Å². The smallest absolute Gasteiger partial charge is 0.259 e. The number of amides is 1. The van der Waals surface area contributed by atoms with Gasteiger partial charge >= 0.3 is 0 Å². The molecular weight excluding hydrogens is 418 g/mol. The largest absolute Gasteiger partial charge is 0.463 e. The Kier molecular flexibility index (Phi) is 5.72. The van der Waals surface area contributed by atoms with Gasteiger partial charge in [-0.05, 0) is 35.7 Å². The Morgan fingerprint density at radius 1 is 1.15 bits per heavy atom. The number of pyridine rings is 1. The number of imidazole rings is 1. The van der Waals surface area contributed by atoms with Crippen LogP contribution in [0.1, 0.15) is 40.5 Å². The van der Waals surface area contributed by atoms with E-state index in [1.165, 1.54) is 0 Å². The van der Waals surface area contributed by atoms with Crippen LogP contribution < -0.4 is 5.32 Å². The van der Waals surface area contributed by atoms with E-state index in [-0.39, 0.29) is 5.91 Å². The van der Waals surface area contributed by atoms with E-state index in [9.17, 15) is 4.79 Å². The quantitative estimate of drug-likeness (QED) is 0.378. The van der Waals surface area contributed by atoms with Gasteiger partial charge in [0.1, 0.15) is 5.69 Å². The first-order valence-electron chi connectivity index (χ1n) is 10.9. The summed E-state index contributed by atoms with van der Waals surface area (Å²) in [6, 6.07) is 13.4. The fraction of sp³-hybridized carbons (Fsp3) is 0.200. The monoisotopic (exact) mass is 441 g/mol. The second kappa shape index (κ2) is 9.12. The van der Waals surface area contributed by atoms with Gasteiger partial charge < -0.3 is 18.8 Å². The molecule has 5 aromatic rings. The second-order valence-electron chi connectivity index (χ2n) is 7.83. The van der Waals surface area contributed by atoms with Crippen LogP contribution >= 0.6 is 0 Å². The van der Waals surface area contributed by atoms with E-state index in [2.05, 4.69) is 39.5 Å². The molecule has 0 unspecified atom stereocenters. The molecule has 0 aliphatic rings. The van der Waals surface area contributed by atoms with Crippen molar-refractivity contribution in [2.24, 2.45) is 0 Å². The number of nitrogens with one attached hydrogen (secondary N) is 1. The van der Waals surface area contributed by atoms with Crippen molar-refractivity contribution in [3.8, 4) is 11.5 Å². The molecule has 0 spiro atoms. The lowest BCUT2D eigenvalue weighted by Gasteiger charge is -2.10. The van der Waals surface area contributed by atoms with Gasteiger partial charge in [-0.2, -0.15) is 0 Å². The van der Waals surface area contributed by atoms with Gasteiger partial charge in [0.05, 0.1) is 29.2 Å². The fourth-order valence-corrected chi connectivity index (χ4v) is 3.85. The highest BCUT2D eigenvalue weighted by Gasteiger charge is 2.21. The molecule has 33 heavy (non-hydrogen) atoms. The van der Waals surface area contributed by atoms with Crippen molar-refractivity contribution in [1.82, 2.24) is 25.0 Å². The Labute approximate surface area is 190 Å². The highest BCUT2D eigenvalue weighted by atomic mass is 16.5. The molecule has 1 aromatic carbocycles. The van der Waals surface area contributed by atoms with E-state index >= 15 is 0 Å². The third-order valence-corrected chi connectivity index (χ3v) is 5.39. The number of carbonyl (C=O) groups is 1. The van der Waals surface area contributed by atoms with Gasteiger partial charge in [0.25, 0.3) is 11.6 Å². The zero-order valence-electron chi connectivity index (χ0n) is 18.2. The number of rotatable bonds is 8. The summed E-state index contributed by atoms with van der Waals surface area (Å²) < 4.78 is 13.0. The van der Waals surface area contributed by atoms with Crippen molar-refractivity contribution in [2.45, 2.75) is 32.9 Å². The van der Waals surface area contributed by atoms with Crippen LogP contribution in [0.5, 0.6) is 0 Å². The lowest BCUT2D eigenvalue weighted by Crippen LogP contribution is -2.23. The van der Waals surface area contributed by atoms with Gasteiger partial charge in [-0.15, -0.1) is 0 Å². The molecule has 0 aliphatic heterocycles. The van der Waals surface area contributed by atoms with Gasteiger partial charge in [-0.1, -0.05) is 42.8 Å². The molecule has 166 valence electrons. The molecule has 4 aromatic heterocycles. The Balaban J connectivity index is 1.41. The first-order valence-corrected chi connectivity index (χ1v) is 10.9. The summed E-state index contributed by atoms with van der Waals surface area (Å²) in [6.07, 6.45) is 8.62. The van der Waals surface area contributed by atoms with E-state index in [0.29, 0.717) is 41.1 Å². The van der Waals surface area contributed by atoms with Crippen LogP contribution in [0.4, 0.5) is 0 Å². The third kappa shape index (κ3) is 4.41. The molecule has 5 rings (SSSR count). The normalized spacial score (nSPS) is 11.2. The molecule has 4 heterocycles. The molecule has 0 fully saturated rings. The summed E-state index contributed by atoms with van der Waals surface area (Å²) in [6.45, 7) is 3.17. The predicted octanol–water partition coefficient (Wildman–Crippen LogP) is 4.61. The molecule has 0 bridgehead atoms. The number of aromatic nitrogens is 4. The minimum Gasteiger partial charge on any atom is -0.463 e. The summed E-state index contributed by atoms with van der Waals surface area (Å²) in [5.74, 6) is 0.349. The summed E-state index contributed by atoms with van der Waals surface area (Å²) in [7, 11) is 0. The Hall–Kier alpha value is -4.20. The number of aryl methyl sites for hydroxylation is 1. The number of hydrogen-bond donors (Lipinski definition) is 1. The molecular formula is C25H23N5O3. The molecule has 0 aliphatic carbocycles. The van der Waals surface area contributed by atoms with Crippen LogP contribution in [0.3, 0.4) is 0 Å². The summed E-state index contributed by atoms with van der Waals surface area (Å²) >= 11 is 0. The Bertz CT molecular complexity index is 1370. The van der Waals surface area contributed by atoms with E-state index in [1.54, 1.807) is 37.0 Å².